The highest BCUT2D eigenvalue weighted by atomic mass is 19.4. The molecule has 0 saturated heterocycles. The number of fused-ring (bicyclic) bond motifs is 1. The molecule has 8 heteroatoms. The summed E-state index contributed by atoms with van der Waals surface area (Å²) in [5, 5.41) is 19.6. The van der Waals surface area contributed by atoms with Gasteiger partial charge < -0.3 is 14.9 Å². The first-order chi connectivity index (χ1) is 12.8. The molecule has 27 heavy (non-hydrogen) atoms. The molecule has 5 nitrogen and oxygen atoms in total. The molecule has 3 rings (SSSR count). The predicted octanol–water partition coefficient (Wildman–Crippen LogP) is 3.78. The van der Waals surface area contributed by atoms with Gasteiger partial charge in [0.2, 0.25) is 0 Å². The molecule has 0 saturated carbocycles. The van der Waals surface area contributed by atoms with Crippen molar-refractivity contribution in [1.82, 2.24) is 9.97 Å². The number of alkyl halides is 3. The third-order valence-corrected chi connectivity index (χ3v) is 4.16. The van der Waals surface area contributed by atoms with Gasteiger partial charge in [0, 0.05) is 23.5 Å². The molecule has 1 aromatic heterocycles. The second-order valence-corrected chi connectivity index (χ2v) is 5.87. The van der Waals surface area contributed by atoms with Crippen molar-refractivity contribution < 1.29 is 28.1 Å². The lowest BCUT2D eigenvalue weighted by Crippen LogP contribution is -2.16. The molecule has 1 atom stereocenters. The molecular weight excluding hydrogens is 361 g/mol. The Kier molecular flexibility index (Phi) is 5.29. The minimum absolute atomic E-state index is 0.315. The molecule has 0 unspecified atom stereocenters. The Balaban J connectivity index is 2.15. The third kappa shape index (κ3) is 4.01. The van der Waals surface area contributed by atoms with Crippen LogP contribution in [0.25, 0.3) is 22.2 Å². The molecule has 0 aliphatic carbocycles. The van der Waals surface area contributed by atoms with Crippen LogP contribution < -0.4 is 4.74 Å². The van der Waals surface area contributed by atoms with Crippen molar-refractivity contribution in [2.45, 2.75) is 25.8 Å². The Morgan fingerprint density at radius 3 is 2.26 bits per heavy atom. The van der Waals surface area contributed by atoms with Gasteiger partial charge in [-0.3, -0.25) is 9.97 Å². The lowest BCUT2D eigenvalue weighted by molar-refractivity contribution is -0.274. The number of ether oxygens (including phenoxy) is 1. The fourth-order valence-electron chi connectivity index (χ4n) is 3.02. The van der Waals surface area contributed by atoms with Crippen LogP contribution in [0.15, 0.2) is 42.7 Å². The van der Waals surface area contributed by atoms with E-state index >= 15 is 0 Å². The van der Waals surface area contributed by atoms with Crippen molar-refractivity contribution in [1.29, 1.82) is 0 Å². The molecule has 3 aromatic rings. The summed E-state index contributed by atoms with van der Waals surface area (Å²) in [6.07, 6.45) is -2.30. The monoisotopic (exact) mass is 378 g/mol. The summed E-state index contributed by atoms with van der Waals surface area (Å²) in [7, 11) is 0. The summed E-state index contributed by atoms with van der Waals surface area (Å²) in [5.74, 6) is -0.315. The number of benzene rings is 2. The van der Waals surface area contributed by atoms with E-state index in [9.17, 15) is 23.4 Å². The van der Waals surface area contributed by atoms with E-state index in [1.165, 1.54) is 36.7 Å². The van der Waals surface area contributed by atoms with Crippen LogP contribution >= 0.6 is 0 Å². The van der Waals surface area contributed by atoms with Crippen molar-refractivity contribution in [3.63, 3.8) is 0 Å². The zero-order valence-corrected chi connectivity index (χ0v) is 14.4. The van der Waals surface area contributed by atoms with Crippen molar-refractivity contribution in [2.75, 3.05) is 6.61 Å². The van der Waals surface area contributed by atoms with Crippen LogP contribution in [-0.4, -0.2) is 33.2 Å². The molecular formula is C19H17F3N2O3. The Bertz CT molecular complexity index is 943. The topological polar surface area (TPSA) is 75.5 Å². The zero-order valence-electron chi connectivity index (χ0n) is 14.4. The Morgan fingerprint density at radius 2 is 1.70 bits per heavy atom. The fourth-order valence-corrected chi connectivity index (χ4v) is 3.02. The van der Waals surface area contributed by atoms with Gasteiger partial charge in [0.05, 0.1) is 17.6 Å². The quantitative estimate of drug-likeness (QED) is 0.707. The third-order valence-electron chi connectivity index (χ3n) is 4.16. The van der Waals surface area contributed by atoms with Gasteiger partial charge >= 0.3 is 6.36 Å². The van der Waals surface area contributed by atoms with Crippen LogP contribution in [0.5, 0.6) is 5.75 Å². The molecule has 2 aromatic carbocycles. The second-order valence-electron chi connectivity index (χ2n) is 5.87. The molecule has 0 fully saturated rings. The molecule has 0 radical (unpaired) electrons. The van der Waals surface area contributed by atoms with Gasteiger partial charge in [-0.1, -0.05) is 19.1 Å². The first kappa shape index (κ1) is 19.1. The number of aliphatic hydroxyl groups is 2. The normalized spacial score (nSPS) is 13.0. The van der Waals surface area contributed by atoms with Crippen LogP contribution in [0.4, 0.5) is 13.2 Å². The van der Waals surface area contributed by atoms with E-state index in [0.717, 1.165) is 5.56 Å². The summed E-state index contributed by atoms with van der Waals surface area (Å²) in [4.78, 5) is 8.63. The highest BCUT2D eigenvalue weighted by Crippen LogP contribution is 2.35. The first-order valence-corrected chi connectivity index (χ1v) is 8.25. The Hall–Kier alpha value is -2.71. The summed E-state index contributed by atoms with van der Waals surface area (Å²) >= 11 is 0. The minimum Gasteiger partial charge on any atom is -0.406 e. The summed E-state index contributed by atoms with van der Waals surface area (Å²) in [6.45, 7) is 1.44. The standard InChI is InChI=1S/C19H17F3N2O3/c1-2-11-9-14(12-3-5-13(6-4-12)27-19(20,21)22)17-18(24-8-7-23-17)16(11)15(26)10-25/h3-9,15,25-26H,2,10H2,1H3/t15-/m0/s1. The fraction of sp³-hybridized carbons (Fsp3) is 0.263. The molecule has 2 N–H and O–H groups in total. The molecule has 1 heterocycles. The molecule has 0 amide bonds. The van der Waals surface area contributed by atoms with Crippen molar-refractivity contribution in [3.05, 3.63) is 53.9 Å². The maximum absolute atomic E-state index is 12.3. The average molecular weight is 378 g/mol. The number of hydrogen-bond acceptors (Lipinski definition) is 5. The van der Waals surface area contributed by atoms with E-state index in [1.54, 1.807) is 0 Å². The van der Waals surface area contributed by atoms with Gasteiger partial charge in [0.25, 0.3) is 0 Å². The highest BCUT2D eigenvalue weighted by molar-refractivity contribution is 5.94. The van der Waals surface area contributed by atoms with Gasteiger partial charge in [-0.15, -0.1) is 13.2 Å². The zero-order chi connectivity index (χ0) is 19.6. The summed E-state index contributed by atoms with van der Waals surface area (Å²) in [5.41, 5.74) is 3.52. The van der Waals surface area contributed by atoms with E-state index in [2.05, 4.69) is 14.7 Å². The van der Waals surface area contributed by atoms with E-state index in [1.807, 2.05) is 13.0 Å². The number of rotatable bonds is 5. The van der Waals surface area contributed by atoms with Crippen LogP contribution in [0.1, 0.15) is 24.2 Å². The van der Waals surface area contributed by atoms with Crippen LogP contribution in [-0.2, 0) is 6.42 Å². The maximum Gasteiger partial charge on any atom is 0.573 e. The molecule has 0 aliphatic rings. The number of aryl methyl sites for hydroxylation is 1. The van der Waals surface area contributed by atoms with Gasteiger partial charge in [-0.2, -0.15) is 0 Å². The molecule has 0 aliphatic heterocycles. The number of nitrogens with zero attached hydrogens (tertiary/aromatic N) is 2. The van der Waals surface area contributed by atoms with Crippen LogP contribution in [0.3, 0.4) is 0 Å². The average Bonchev–Trinajstić information content (AvgIpc) is 2.65. The van der Waals surface area contributed by atoms with Gasteiger partial charge in [-0.05, 0) is 35.7 Å². The Labute approximate surface area is 153 Å². The maximum atomic E-state index is 12.3. The molecule has 0 spiro atoms. The number of hydrogen-bond donors (Lipinski definition) is 2. The molecule has 0 bridgehead atoms. The Morgan fingerprint density at radius 1 is 1.07 bits per heavy atom. The summed E-state index contributed by atoms with van der Waals surface area (Å²) in [6, 6.07) is 7.28. The largest absolute Gasteiger partial charge is 0.573 e. The van der Waals surface area contributed by atoms with Crippen molar-refractivity contribution >= 4 is 11.0 Å². The number of aliphatic hydroxyl groups excluding tert-OH is 2. The number of aromatic nitrogens is 2. The number of halogens is 3. The lowest BCUT2D eigenvalue weighted by Gasteiger charge is -2.18. The van der Waals surface area contributed by atoms with Crippen molar-refractivity contribution in [2.24, 2.45) is 0 Å². The lowest BCUT2D eigenvalue weighted by atomic mass is 9.92. The van der Waals surface area contributed by atoms with E-state index in [0.29, 0.717) is 34.1 Å². The van der Waals surface area contributed by atoms with E-state index in [4.69, 9.17) is 0 Å². The smallest absolute Gasteiger partial charge is 0.406 e. The van der Waals surface area contributed by atoms with Gasteiger partial charge in [0.1, 0.15) is 11.9 Å². The second kappa shape index (κ2) is 7.50. The predicted molar refractivity (Wildman–Crippen MR) is 93.1 cm³/mol. The van der Waals surface area contributed by atoms with Gasteiger partial charge in [-0.25, -0.2) is 0 Å². The highest BCUT2D eigenvalue weighted by Gasteiger charge is 2.31. The van der Waals surface area contributed by atoms with Gasteiger partial charge in [0.15, 0.2) is 0 Å². The van der Waals surface area contributed by atoms with E-state index < -0.39 is 19.1 Å². The molecule has 142 valence electrons. The first-order valence-electron chi connectivity index (χ1n) is 8.25. The SMILES string of the molecule is CCc1cc(-c2ccc(OC(F)(F)F)cc2)c2nccnc2c1[C@@H](O)CO. The van der Waals surface area contributed by atoms with Crippen LogP contribution in [0.2, 0.25) is 0 Å². The van der Waals surface area contributed by atoms with Crippen LogP contribution in [0, 0.1) is 0 Å². The van der Waals surface area contributed by atoms with Crippen molar-refractivity contribution in [3.8, 4) is 16.9 Å². The van der Waals surface area contributed by atoms with E-state index in [-0.39, 0.29) is 5.75 Å². The minimum atomic E-state index is -4.75. The summed E-state index contributed by atoms with van der Waals surface area (Å²) < 4.78 is 40.9.